The molecule has 0 spiro atoms. The Morgan fingerprint density at radius 3 is 2.40 bits per heavy atom. The van der Waals surface area contributed by atoms with E-state index >= 15 is 0 Å². The first-order chi connectivity index (χ1) is 3.93. The van der Waals surface area contributed by atoms with Crippen molar-refractivity contribution in [2.24, 2.45) is 0 Å². The zero-order valence-corrected chi connectivity index (χ0v) is 10.5. The van der Waals surface area contributed by atoms with Crippen molar-refractivity contribution in [3.05, 3.63) is 36.0 Å². The van der Waals surface area contributed by atoms with Crippen LogP contribution in [0.15, 0.2) is 29.5 Å². The maximum Gasteiger partial charge on any atom is 0.0954 e. The van der Waals surface area contributed by atoms with Crippen LogP contribution in [0.4, 0.5) is 0 Å². The minimum Gasteiger partial charge on any atom is -1.00 e. The zero-order chi connectivity index (χ0) is 5.82. The van der Waals surface area contributed by atoms with Gasteiger partial charge >= 0.3 is 0 Å². The van der Waals surface area contributed by atoms with Gasteiger partial charge < -0.3 is 24.0 Å². The molecule has 1 nitrogen and oxygen atoms in total. The van der Waals surface area contributed by atoms with E-state index < -0.39 is 0 Å². The number of halogens is 1. The van der Waals surface area contributed by atoms with Gasteiger partial charge in [0.1, 0.15) is 0 Å². The van der Waals surface area contributed by atoms with Gasteiger partial charge in [0.25, 0.3) is 0 Å². The van der Waals surface area contributed by atoms with Crippen LogP contribution in [0.3, 0.4) is 0 Å². The summed E-state index contributed by atoms with van der Waals surface area (Å²) >= 11 is 0. The maximum absolute atomic E-state index is 8.27. The van der Waals surface area contributed by atoms with Crippen molar-refractivity contribution in [2.75, 3.05) is 0 Å². The molecule has 0 atom stereocenters. The summed E-state index contributed by atoms with van der Waals surface area (Å²) in [6, 6.07) is 2.01. The molecule has 0 saturated carbocycles. The molecule has 47 valence electrons. The fraction of sp³-hybridized carbons (Fsp3) is 0. The Hall–Kier alpha value is 0.103. The predicted octanol–water partition coefficient (Wildman–Crippen LogP) is -1.63. The van der Waals surface area contributed by atoms with E-state index in [1.807, 2.05) is 6.07 Å². The normalized spacial score (nSPS) is 12.1. The smallest absolute Gasteiger partial charge is 0.0954 e. The second-order valence-electron chi connectivity index (χ2n) is 1.40. The molecule has 0 heterocycles. The zero-order valence-electron chi connectivity index (χ0n) is 5.34. The molecule has 1 aliphatic carbocycles. The maximum atomic E-state index is 8.27. The topological polar surface area (TPSA) is 23.8 Å². The summed E-state index contributed by atoms with van der Waals surface area (Å²) in [6.07, 6.45) is 6.89. The van der Waals surface area contributed by atoms with Gasteiger partial charge in [-0.05, 0) is 18.2 Å². The first kappa shape index (κ1) is 12.8. The Morgan fingerprint density at radius 2 is 2.10 bits per heavy atom. The molecular formula is C7H4INZn-. The quantitative estimate of drug-likeness (QED) is 0.299. The Bertz CT molecular complexity index is 218. The average Bonchev–Trinajstić information content (AvgIpc) is 1.90. The molecule has 0 N–H and O–H groups in total. The van der Waals surface area contributed by atoms with E-state index in [1.54, 1.807) is 24.6 Å². The molecule has 0 aromatic carbocycles. The molecule has 0 amide bonds. The van der Waals surface area contributed by atoms with Crippen LogP contribution in [0, 0.1) is 17.8 Å². The number of rotatable bonds is 0. The van der Waals surface area contributed by atoms with Crippen molar-refractivity contribution in [3.63, 3.8) is 0 Å². The van der Waals surface area contributed by atoms with E-state index in [0.717, 1.165) is 0 Å². The molecule has 0 bridgehead atoms. The minimum atomic E-state index is 0. The van der Waals surface area contributed by atoms with Gasteiger partial charge in [0, 0.05) is 31.5 Å². The van der Waals surface area contributed by atoms with E-state index in [9.17, 15) is 0 Å². The summed E-state index contributed by atoms with van der Waals surface area (Å²) in [7, 11) is 0. The monoisotopic (exact) mass is 293 g/mol. The van der Waals surface area contributed by atoms with Gasteiger partial charge in [-0.15, -0.1) is 5.73 Å². The summed E-state index contributed by atoms with van der Waals surface area (Å²) in [5.74, 6) is 0. The molecule has 0 fully saturated rings. The second-order valence-corrected chi connectivity index (χ2v) is 1.40. The molecular weight excluding hydrogens is 290 g/mol. The predicted molar refractivity (Wildman–Crippen MR) is 30.6 cm³/mol. The summed E-state index contributed by atoms with van der Waals surface area (Å²) in [5, 5.41) is 8.27. The fourth-order valence-corrected chi connectivity index (χ4v) is 0.461. The van der Waals surface area contributed by atoms with Crippen molar-refractivity contribution in [1.82, 2.24) is 0 Å². The molecule has 0 aliphatic heterocycles. The number of nitriles is 1. The van der Waals surface area contributed by atoms with Crippen LogP contribution in [0.25, 0.3) is 0 Å². The number of hydrogen-bond donors (Lipinski definition) is 0. The van der Waals surface area contributed by atoms with Gasteiger partial charge in [-0.25, -0.2) is 0 Å². The van der Waals surface area contributed by atoms with Crippen LogP contribution >= 0.6 is 0 Å². The molecule has 10 heavy (non-hydrogen) atoms. The van der Waals surface area contributed by atoms with Crippen LogP contribution in [0.5, 0.6) is 0 Å². The number of hydrogen-bond acceptors (Lipinski definition) is 1. The van der Waals surface area contributed by atoms with Crippen LogP contribution < -0.4 is 24.0 Å². The molecule has 0 saturated heterocycles. The molecule has 0 aromatic rings. The number of allylic oxidation sites excluding steroid dienone is 3. The molecule has 0 aromatic heterocycles. The van der Waals surface area contributed by atoms with Gasteiger partial charge in [0.05, 0.1) is 6.07 Å². The van der Waals surface area contributed by atoms with Crippen LogP contribution in [-0.2, 0) is 19.5 Å². The number of nitrogens with zero attached hydrogens (tertiary/aromatic N) is 1. The first-order valence-electron chi connectivity index (χ1n) is 2.29. The van der Waals surface area contributed by atoms with Crippen molar-refractivity contribution in [1.29, 1.82) is 5.26 Å². The van der Waals surface area contributed by atoms with E-state index in [2.05, 4.69) is 5.73 Å². The SMILES string of the molecule is N#CC1=CC=C=C[CH]1.[I-].[Zn]. The Morgan fingerprint density at radius 1 is 1.40 bits per heavy atom. The van der Waals surface area contributed by atoms with Crippen LogP contribution in [-0.4, -0.2) is 0 Å². The van der Waals surface area contributed by atoms with Crippen LogP contribution in [0.1, 0.15) is 0 Å². The van der Waals surface area contributed by atoms with Crippen molar-refractivity contribution >= 4 is 0 Å². The Balaban J connectivity index is 0. The summed E-state index contributed by atoms with van der Waals surface area (Å²) in [6.45, 7) is 0. The van der Waals surface area contributed by atoms with Gasteiger partial charge in [0.15, 0.2) is 0 Å². The Kier molecular flexibility index (Phi) is 9.20. The Labute approximate surface area is 90.3 Å². The average molecular weight is 294 g/mol. The molecule has 1 rings (SSSR count). The van der Waals surface area contributed by atoms with Gasteiger partial charge in [0.2, 0.25) is 0 Å². The summed E-state index contributed by atoms with van der Waals surface area (Å²) < 4.78 is 0. The third-order valence-electron chi connectivity index (χ3n) is 0.847. The van der Waals surface area contributed by atoms with Gasteiger partial charge in [-0.3, -0.25) is 0 Å². The molecule has 1 radical (unpaired) electrons. The first-order valence-corrected chi connectivity index (χ1v) is 2.29. The third-order valence-corrected chi connectivity index (χ3v) is 0.847. The van der Waals surface area contributed by atoms with E-state index in [4.69, 9.17) is 5.26 Å². The van der Waals surface area contributed by atoms with E-state index in [0.29, 0.717) is 5.57 Å². The summed E-state index contributed by atoms with van der Waals surface area (Å²) in [4.78, 5) is 0. The fourth-order valence-electron chi connectivity index (χ4n) is 0.461. The van der Waals surface area contributed by atoms with Gasteiger partial charge in [-0.2, -0.15) is 5.26 Å². The summed E-state index contributed by atoms with van der Waals surface area (Å²) in [5.41, 5.74) is 3.50. The third kappa shape index (κ3) is 4.01. The largest absolute Gasteiger partial charge is 1.00 e. The second kappa shape index (κ2) is 7.21. The minimum absolute atomic E-state index is 0. The van der Waals surface area contributed by atoms with E-state index in [1.165, 1.54) is 0 Å². The standard InChI is InChI=1S/C7H4N.HI.Zn/c8-6-7-4-2-1-3-5-7;;/h2-5H;1H;/p-1. The van der Waals surface area contributed by atoms with Gasteiger partial charge in [-0.1, -0.05) is 0 Å². The molecule has 1 aliphatic rings. The molecule has 3 heteroatoms. The van der Waals surface area contributed by atoms with Crippen LogP contribution in [0.2, 0.25) is 0 Å². The van der Waals surface area contributed by atoms with E-state index in [-0.39, 0.29) is 43.5 Å². The van der Waals surface area contributed by atoms with Crippen molar-refractivity contribution in [2.45, 2.75) is 0 Å². The van der Waals surface area contributed by atoms with Crippen molar-refractivity contribution < 1.29 is 43.5 Å². The molecule has 0 unspecified atom stereocenters. The van der Waals surface area contributed by atoms with Crippen molar-refractivity contribution in [3.8, 4) is 6.07 Å².